The molecule has 0 spiro atoms. The van der Waals surface area contributed by atoms with Crippen molar-refractivity contribution in [2.45, 2.75) is 20.5 Å². The van der Waals surface area contributed by atoms with Crippen LogP contribution in [0.1, 0.15) is 19.4 Å². The fraction of sp³-hybridized carbons (Fsp3) is 0.462. The van der Waals surface area contributed by atoms with Gasteiger partial charge in [-0.05, 0) is 12.0 Å². The van der Waals surface area contributed by atoms with Gasteiger partial charge < -0.3 is 15.8 Å². The van der Waals surface area contributed by atoms with E-state index in [2.05, 4.69) is 24.2 Å². The third-order valence-electron chi connectivity index (χ3n) is 2.21. The smallest absolute Gasteiger partial charge is 0.193 e. The van der Waals surface area contributed by atoms with Crippen LogP contribution in [0, 0.1) is 5.92 Å². The Labute approximate surface area is 126 Å². The lowest BCUT2D eigenvalue weighted by Crippen LogP contribution is -2.24. The van der Waals surface area contributed by atoms with E-state index < -0.39 is 0 Å². The van der Waals surface area contributed by atoms with Crippen molar-refractivity contribution >= 4 is 35.6 Å². The zero-order valence-electron chi connectivity index (χ0n) is 11.1. The van der Waals surface area contributed by atoms with Crippen molar-refractivity contribution in [3.05, 3.63) is 29.8 Å². The maximum Gasteiger partial charge on any atom is 0.193 e. The number of nitrogens with zero attached hydrogens (tertiary/aromatic N) is 1. The normalized spacial score (nSPS) is 11.2. The minimum atomic E-state index is 0. The first kappa shape index (κ1) is 17.2. The summed E-state index contributed by atoms with van der Waals surface area (Å²) >= 11 is 0. The molecule has 102 valence electrons. The van der Waals surface area contributed by atoms with E-state index in [1.165, 1.54) is 0 Å². The molecule has 0 saturated carbocycles. The molecule has 18 heavy (non-hydrogen) atoms. The van der Waals surface area contributed by atoms with Gasteiger partial charge in [0, 0.05) is 24.9 Å². The van der Waals surface area contributed by atoms with Gasteiger partial charge in [-0.25, -0.2) is 0 Å². The van der Waals surface area contributed by atoms with E-state index >= 15 is 0 Å². The topological polar surface area (TPSA) is 59.6 Å². The van der Waals surface area contributed by atoms with Crippen LogP contribution < -0.4 is 11.1 Å². The second-order valence-electron chi connectivity index (χ2n) is 4.33. The summed E-state index contributed by atoms with van der Waals surface area (Å²) in [7, 11) is 1.67. The number of halogens is 1. The van der Waals surface area contributed by atoms with E-state index in [0.717, 1.165) is 17.8 Å². The molecule has 1 rings (SSSR count). The highest BCUT2D eigenvalue weighted by Crippen LogP contribution is 2.15. The van der Waals surface area contributed by atoms with Crippen LogP contribution in [0.4, 0.5) is 5.69 Å². The summed E-state index contributed by atoms with van der Waals surface area (Å²) in [5.74, 6) is 0.951. The first-order valence-corrected chi connectivity index (χ1v) is 5.77. The quantitative estimate of drug-likeness (QED) is 0.481. The molecule has 0 saturated heterocycles. The summed E-state index contributed by atoms with van der Waals surface area (Å²) in [5.41, 5.74) is 7.83. The molecular weight excluding hydrogens is 341 g/mol. The number of ether oxygens (including phenoxy) is 1. The van der Waals surface area contributed by atoms with Crippen molar-refractivity contribution in [1.82, 2.24) is 0 Å². The Bertz CT molecular complexity index is 380. The van der Waals surface area contributed by atoms with Crippen molar-refractivity contribution in [2.24, 2.45) is 16.6 Å². The average Bonchev–Trinajstić information content (AvgIpc) is 2.29. The number of aliphatic imine (C=N–C) groups is 1. The second kappa shape index (κ2) is 9.16. The van der Waals surface area contributed by atoms with Gasteiger partial charge in [-0.1, -0.05) is 32.0 Å². The molecule has 0 fully saturated rings. The van der Waals surface area contributed by atoms with E-state index in [-0.39, 0.29) is 24.0 Å². The standard InChI is InChI=1S/C13H21N3O.HI/c1-10(2)8-15-13(14)16-12-7-5-4-6-11(12)9-17-3;/h4-7,10H,8-9H2,1-3H3,(H3,14,15,16);1H. The molecule has 0 unspecified atom stereocenters. The summed E-state index contributed by atoms with van der Waals surface area (Å²) < 4.78 is 5.13. The van der Waals surface area contributed by atoms with Gasteiger partial charge in [0.1, 0.15) is 0 Å². The lowest BCUT2D eigenvalue weighted by molar-refractivity contribution is 0.185. The minimum Gasteiger partial charge on any atom is -0.380 e. The van der Waals surface area contributed by atoms with Gasteiger partial charge in [-0.15, -0.1) is 24.0 Å². The molecule has 3 N–H and O–H groups in total. The number of benzene rings is 1. The SMILES string of the molecule is COCc1ccccc1NC(N)=NCC(C)C.I. The predicted octanol–water partition coefficient (Wildman–Crippen LogP) is 2.83. The minimum absolute atomic E-state index is 0. The summed E-state index contributed by atoms with van der Waals surface area (Å²) in [6.07, 6.45) is 0. The number of hydrogen-bond acceptors (Lipinski definition) is 2. The van der Waals surface area contributed by atoms with Gasteiger partial charge in [-0.3, -0.25) is 4.99 Å². The van der Waals surface area contributed by atoms with Crippen molar-refractivity contribution in [3.8, 4) is 0 Å². The van der Waals surface area contributed by atoms with E-state index in [1.54, 1.807) is 7.11 Å². The van der Waals surface area contributed by atoms with Crippen molar-refractivity contribution in [3.63, 3.8) is 0 Å². The number of rotatable bonds is 5. The Balaban J connectivity index is 0.00000289. The fourth-order valence-corrected chi connectivity index (χ4v) is 1.38. The number of anilines is 1. The average molecular weight is 363 g/mol. The van der Waals surface area contributed by atoms with Crippen molar-refractivity contribution in [2.75, 3.05) is 19.0 Å². The van der Waals surface area contributed by atoms with Crippen LogP contribution in [-0.2, 0) is 11.3 Å². The molecular formula is C13H22IN3O. The van der Waals surface area contributed by atoms with Crippen LogP contribution in [0.5, 0.6) is 0 Å². The molecule has 0 amide bonds. The van der Waals surface area contributed by atoms with Crippen LogP contribution in [0.25, 0.3) is 0 Å². The highest BCUT2D eigenvalue weighted by molar-refractivity contribution is 14.0. The van der Waals surface area contributed by atoms with E-state index in [0.29, 0.717) is 18.5 Å². The molecule has 0 aromatic heterocycles. The van der Waals surface area contributed by atoms with Gasteiger partial charge in [0.15, 0.2) is 5.96 Å². The van der Waals surface area contributed by atoms with Crippen LogP contribution >= 0.6 is 24.0 Å². The lowest BCUT2D eigenvalue weighted by atomic mass is 10.2. The third kappa shape index (κ3) is 6.20. The molecule has 0 heterocycles. The Hall–Kier alpha value is -0.820. The first-order chi connectivity index (χ1) is 8.13. The van der Waals surface area contributed by atoms with Crippen LogP contribution in [0.2, 0.25) is 0 Å². The molecule has 0 atom stereocenters. The molecule has 1 aromatic rings. The maximum absolute atomic E-state index is 5.82. The Morgan fingerprint density at radius 2 is 2.06 bits per heavy atom. The maximum atomic E-state index is 5.82. The fourth-order valence-electron chi connectivity index (χ4n) is 1.38. The molecule has 0 radical (unpaired) electrons. The largest absolute Gasteiger partial charge is 0.380 e. The molecule has 0 aliphatic carbocycles. The predicted molar refractivity (Wildman–Crippen MR) is 87.5 cm³/mol. The van der Waals surface area contributed by atoms with E-state index in [9.17, 15) is 0 Å². The number of para-hydroxylation sites is 1. The Morgan fingerprint density at radius 3 is 2.67 bits per heavy atom. The highest BCUT2D eigenvalue weighted by Gasteiger charge is 2.02. The first-order valence-electron chi connectivity index (χ1n) is 5.77. The number of hydrogen-bond donors (Lipinski definition) is 2. The zero-order chi connectivity index (χ0) is 12.7. The van der Waals surface area contributed by atoms with Gasteiger partial charge >= 0.3 is 0 Å². The molecule has 1 aromatic carbocycles. The summed E-state index contributed by atoms with van der Waals surface area (Å²) in [6, 6.07) is 7.89. The molecule has 4 nitrogen and oxygen atoms in total. The van der Waals surface area contributed by atoms with Crippen molar-refractivity contribution in [1.29, 1.82) is 0 Å². The number of guanidine groups is 1. The number of nitrogens with one attached hydrogen (secondary N) is 1. The van der Waals surface area contributed by atoms with E-state index in [1.807, 2.05) is 24.3 Å². The Morgan fingerprint density at radius 1 is 1.39 bits per heavy atom. The third-order valence-corrected chi connectivity index (χ3v) is 2.21. The Kier molecular flexibility index (Phi) is 8.74. The lowest BCUT2D eigenvalue weighted by Gasteiger charge is -2.11. The van der Waals surface area contributed by atoms with E-state index in [4.69, 9.17) is 10.5 Å². The number of nitrogens with two attached hydrogens (primary N) is 1. The van der Waals surface area contributed by atoms with Crippen molar-refractivity contribution < 1.29 is 4.74 Å². The molecule has 0 bridgehead atoms. The van der Waals surface area contributed by atoms with Crippen LogP contribution in [-0.4, -0.2) is 19.6 Å². The van der Waals surface area contributed by atoms with Crippen LogP contribution in [0.3, 0.4) is 0 Å². The summed E-state index contributed by atoms with van der Waals surface area (Å²) in [5, 5.41) is 3.10. The van der Waals surface area contributed by atoms with Gasteiger partial charge in [-0.2, -0.15) is 0 Å². The van der Waals surface area contributed by atoms with Crippen LogP contribution in [0.15, 0.2) is 29.3 Å². The molecule has 0 aliphatic rings. The summed E-state index contributed by atoms with van der Waals surface area (Å²) in [6.45, 7) is 5.50. The summed E-state index contributed by atoms with van der Waals surface area (Å²) in [4.78, 5) is 4.26. The van der Waals surface area contributed by atoms with Gasteiger partial charge in [0.05, 0.1) is 6.61 Å². The second-order valence-corrected chi connectivity index (χ2v) is 4.33. The number of methoxy groups -OCH3 is 1. The zero-order valence-corrected chi connectivity index (χ0v) is 13.5. The monoisotopic (exact) mass is 363 g/mol. The highest BCUT2D eigenvalue weighted by atomic mass is 127. The molecule has 5 heteroatoms. The van der Waals surface area contributed by atoms with Gasteiger partial charge in [0.25, 0.3) is 0 Å². The molecule has 0 aliphatic heterocycles. The van der Waals surface area contributed by atoms with Gasteiger partial charge in [0.2, 0.25) is 0 Å².